The fourth-order valence-electron chi connectivity index (χ4n) is 4.73. The number of rotatable bonds is 6. The molecule has 2 unspecified atom stereocenters. The summed E-state index contributed by atoms with van der Waals surface area (Å²) in [5.41, 5.74) is 8.62. The predicted molar refractivity (Wildman–Crippen MR) is 138 cm³/mol. The quantitative estimate of drug-likeness (QED) is 0.565. The zero-order chi connectivity index (χ0) is 24.6. The Hall–Kier alpha value is -3.88. The fourth-order valence-corrected chi connectivity index (χ4v) is 4.73. The van der Waals surface area contributed by atoms with E-state index in [0.29, 0.717) is 19.5 Å². The van der Waals surface area contributed by atoms with E-state index in [4.69, 9.17) is 5.73 Å². The van der Waals surface area contributed by atoms with E-state index >= 15 is 0 Å². The van der Waals surface area contributed by atoms with Crippen molar-refractivity contribution >= 4 is 11.8 Å². The minimum Gasteiger partial charge on any atom is -0.368 e. The van der Waals surface area contributed by atoms with Crippen molar-refractivity contribution in [3.63, 3.8) is 0 Å². The summed E-state index contributed by atoms with van der Waals surface area (Å²) in [4.78, 5) is 30.3. The number of primary amides is 1. The summed E-state index contributed by atoms with van der Waals surface area (Å²) in [5.74, 6) is 5.36. The molecule has 0 radical (unpaired) electrons. The molecule has 4 rings (SSSR count). The Bertz CT molecular complexity index is 1150. The molecule has 5 heteroatoms. The summed E-state index contributed by atoms with van der Waals surface area (Å²) in [6.45, 7) is 1.05. The predicted octanol–water partition coefficient (Wildman–Crippen LogP) is 3.65. The van der Waals surface area contributed by atoms with Crippen molar-refractivity contribution in [1.29, 1.82) is 0 Å². The van der Waals surface area contributed by atoms with E-state index in [9.17, 15) is 9.59 Å². The van der Waals surface area contributed by atoms with Gasteiger partial charge in [-0.3, -0.25) is 14.5 Å². The molecule has 2 N–H and O–H groups in total. The lowest BCUT2D eigenvalue weighted by Crippen LogP contribution is -2.57. The van der Waals surface area contributed by atoms with Gasteiger partial charge in [-0.05, 0) is 43.1 Å². The second-order valence-corrected chi connectivity index (χ2v) is 8.97. The molecule has 35 heavy (non-hydrogen) atoms. The van der Waals surface area contributed by atoms with Gasteiger partial charge in [-0.25, -0.2) is 0 Å². The minimum atomic E-state index is -0.652. The molecule has 2 atom stereocenters. The van der Waals surface area contributed by atoms with Crippen LogP contribution in [0.15, 0.2) is 91.0 Å². The maximum Gasteiger partial charge on any atom is 0.240 e. The third kappa shape index (κ3) is 5.98. The van der Waals surface area contributed by atoms with Crippen molar-refractivity contribution in [2.45, 2.75) is 30.8 Å². The lowest BCUT2D eigenvalue weighted by atomic mass is 9.87. The molecule has 1 heterocycles. The number of nitrogens with two attached hydrogens (primary N) is 1. The van der Waals surface area contributed by atoms with Crippen LogP contribution in [0.3, 0.4) is 0 Å². The molecule has 1 fully saturated rings. The average Bonchev–Trinajstić information content (AvgIpc) is 2.90. The van der Waals surface area contributed by atoms with Crippen LogP contribution in [-0.2, 0) is 9.59 Å². The van der Waals surface area contributed by atoms with Crippen LogP contribution < -0.4 is 5.73 Å². The zero-order valence-electron chi connectivity index (χ0n) is 20.0. The Labute approximate surface area is 207 Å². The topological polar surface area (TPSA) is 66.6 Å². The zero-order valence-corrected chi connectivity index (χ0v) is 20.0. The molecule has 1 aliphatic heterocycles. The number of piperidine rings is 1. The molecule has 3 aromatic rings. The molecule has 178 valence electrons. The number of hydrogen-bond donors (Lipinski definition) is 1. The molecule has 0 aromatic heterocycles. The van der Waals surface area contributed by atoms with E-state index in [1.807, 2.05) is 98.0 Å². The van der Waals surface area contributed by atoms with Gasteiger partial charge in [-0.15, -0.1) is 0 Å². The van der Waals surface area contributed by atoms with Crippen LogP contribution in [0.5, 0.6) is 0 Å². The number of hydrogen-bond acceptors (Lipinski definition) is 3. The molecule has 1 aliphatic rings. The average molecular weight is 466 g/mol. The van der Waals surface area contributed by atoms with Crippen LogP contribution in [0.2, 0.25) is 0 Å². The summed E-state index contributed by atoms with van der Waals surface area (Å²) >= 11 is 0. The van der Waals surface area contributed by atoms with Crippen molar-refractivity contribution in [2.75, 3.05) is 20.1 Å². The highest BCUT2D eigenvalue weighted by Gasteiger charge is 2.39. The van der Waals surface area contributed by atoms with Crippen LogP contribution >= 0.6 is 0 Å². The molecule has 0 bridgehead atoms. The maximum absolute atomic E-state index is 13.9. The first-order chi connectivity index (χ1) is 17.0. The SMILES string of the molecule is CN(CC#Cc1ccccc1)C1CCN(C(=O)C(c2ccccc2)c2ccccc2)C(C(N)=O)C1. The third-order valence-corrected chi connectivity index (χ3v) is 6.66. The summed E-state index contributed by atoms with van der Waals surface area (Å²) in [5, 5.41) is 0. The molecule has 3 aromatic carbocycles. The lowest BCUT2D eigenvalue weighted by Gasteiger charge is -2.42. The van der Waals surface area contributed by atoms with Crippen molar-refractivity contribution in [2.24, 2.45) is 5.73 Å². The first-order valence-electron chi connectivity index (χ1n) is 12.0. The lowest BCUT2D eigenvalue weighted by molar-refractivity contribution is -0.142. The van der Waals surface area contributed by atoms with Crippen molar-refractivity contribution in [1.82, 2.24) is 9.80 Å². The van der Waals surface area contributed by atoms with Gasteiger partial charge in [-0.2, -0.15) is 0 Å². The van der Waals surface area contributed by atoms with Crippen molar-refractivity contribution in [3.8, 4) is 11.8 Å². The number of amides is 2. The van der Waals surface area contributed by atoms with Crippen LogP contribution in [0.1, 0.15) is 35.4 Å². The maximum atomic E-state index is 13.9. The van der Waals surface area contributed by atoms with E-state index in [-0.39, 0.29) is 11.9 Å². The molecule has 5 nitrogen and oxygen atoms in total. The fraction of sp³-hybridized carbons (Fsp3) is 0.267. The first kappa shape index (κ1) is 24.3. The van der Waals surface area contributed by atoms with Gasteiger partial charge in [0.15, 0.2) is 0 Å². The Balaban J connectivity index is 1.50. The second-order valence-electron chi connectivity index (χ2n) is 8.97. The highest BCUT2D eigenvalue weighted by Crippen LogP contribution is 2.30. The van der Waals surface area contributed by atoms with Gasteiger partial charge < -0.3 is 10.6 Å². The number of likely N-dealkylation sites (tertiary alicyclic amines) is 1. The molecule has 2 amide bonds. The molecule has 1 saturated heterocycles. The van der Waals surface area contributed by atoms with Crippen LogP contribution in [0, 0.1) is 11.8 Å². The number of benzene rings is 3. The van der Waals surface area contributed by atoms with Gasteiger partial charge in [0.25, 0.3) is 0 Å². The summed E-state index contributed by atoms with van der Waals surface area (Å²) in [6, 6.07) is 28.8. The van der Waals surface area contributed by atoms with Crippen molar-refractivity contribution < 1.29 is 9.59 Å². The minimum absolute atomic E-state index is 0.0869. The van der Waals surface area contributed by atoms with Crippen LogP contribution in [0.4, 0.5) is 0 Å². The van der Waals surface area contributed by atoms with Gasteiger partial charge in [-0.1, -0.05) is 90.7 Å². The van der Waals surface area contributed by atoms with Crippen molar-refractivity contribution in [3.05, 3.63) is 108 Å². The monoisotopic (exact) mass is 465 g/mol. The Morgan fingerprint density at radius 1 is 0.943 bits per heavy atom. The highest BCUT2D eigenvalue weighted by molar-refractivity contribution is 5.92. The van der Waals surface area contributed by atoms with E-state index in [1.165, 1.54) is 0 Å². The number of carbonyl (C=O) groups excluding carboxylic acids is 2. The Kier molecular flexibility index (Phi) is 7.97. The molecule has 0 aliphatic carbocycles. The summed E-state index contributed by atoms with van der Waals surface area (Å²) in [6.07, 6.45) is 1.26. The van der Waals surface area contributed by atoms with Gasteiger partial charge in [0.1, 0.15) is 6.04 Å². The van der Waals surface area contributed by atoms with Gasteiger partial charge >= 0.3 is 0 Å². The van der Waals surface area contributed by atoms with Gasteiger partial charge in [0, 0.05) is 18.2 Å². The molecule has 0 saturated carbocycles. The third-order valence-electron chi connectivity index (χ3n) is 6.66. The largest absolute Gasteiger partial charge is 0.368 e. The first-order valence-corrected chi connectivity index (χ1v) is 12.0. The van der Waals surface area contributed by atoms with Gasteiger partial charge in [0.2, 0.25) is 11.8 Å². The Morgan fingerprint density at radius 2 is 1.49 bits per heavy atom. The normalized spacial score (nSPS) is 17.6. The second kappa shape index (κ2) is 11.5. The van der Waals surface area contributed by atoms with E-state index in [0.717, 1.165) is 23.1 Å². The molecular formula is C30H31N3O2. The molecular weight excluding hydrogens is 434 g/mol. The smallest absolute Gasteiger partial charge is 0.240 e. The number of nitrogens with zero attached hydrogens (tertiary/aromatic N) is 2. The van der Waals surface area contributed by atoms with E-state index in [2.05, 4.69) is 16.7 Å². The summed E-state index contributed by atoms with van der Waals surface area (Å²) in [7, 11) is 2.01. The standard InChI is InChI=1S/C30H31N3O2/c1-32(20-11-14-23-12-5-2-6-13-23)26-19-21-33(27(22-26)29(31)34)30(35)28(24-15-7-3-8-16-24)25-17-9-4-10-18-25/h2-10,12-13,15-18,26-28H,19-22H2,1H3,(H2,31,34). The molecule has 0 spiro atoms. The number of carbonyl (C=O) groups is 2. The van der Waals surface area contributed by atoms with E-state index in [1.54, 1.807) is 4.90 Å². The highest BCUT2D eigenvalue weighted by atomic mass is 16.2. The van der Waals surface area contributed by atoms with E-state index < -0.39 is 17.9 Å². The van der Waals surface area contributed by atoms with Gasteiger partial charge in [0.05, 0.1) is 12.5 Å². The van der Waals surface area contributed by atoms with Crippen LogP contribution in [0.25, 0.3) is 0 Å². The van der Waals surface area contributed by atoms with Crippen LogP contribution in [-0.4, -0.2) is 53.8 Å². The Morgan fingerprint density at radius 3 is 2.03 bits per heavy atom. The summed E-state index contributed by atoms with van der Waals surface area (Å²) < 4.78 is 0.